The molecule has 0 amide bonds. The van der Waals surface area contributed by atoms with Crippen LogP contribution < -0.4 is 4.74 Å². The molecule has 3 nitrogen and oxygen atoms in total. The molecular formula is C14H17NO2S. The van der Waals surface area contributed by atoms with Gasteiger partial charge in [-0.2, -0.15) is 0 Å². The summed E-state index contributed by atoms with van der Waals surface area (Å²) in [7, 11) is 1.68. The van der Waals surface area contributed by atoms with Crippen molar-refractivity contribution in [2.45, 2.75) is 12.8 Å². The smallest absolute Gasteiger partial charge is 0.122 e. The minimum atomic E-state index is 0.177. The van der Waals surface area contributed by atoms with Gasteiger partial charge in [-0.25, -0.2) is 0 Å². The van der Waals surface area contributed by atoms with Crippen LogP contribution in [0.4, 0.5) is 0 Å². The highest BCUT2D eigenvalue weighted by molar-refractivity contribution is 7.09. The lowest BCUT2D eigenvalue weighted by atomic mass is 9.96. The van der Waals surface area contributed by atoms with Crippen molar-refractivity contribution in [1.29, 1.82) is 0 Å². The van der Waals surface area contributed by atoms with Crippen LogP contribution in [0.2, 0.25) is 0 Å². The van der Waals surface area contributed by atoms with Gasteiger partial charge in [-0.3, -0.25) is 4.98 Å². The number of methoxy groups -OCH3 is 1. The van der Waals surface area contributed by atoms with Crippen molar-refractivity contribution in [3.05, 3.63) is 46.4 Å². The summed E-state index contributed by atoms with van der Waals surface area (Å²) in [4.78, 5) is 5.27. The molecule has 96 valence electrons. The summed E-state index contributed by atoms with van der Waals surface area (Å²) in [6.45, 7) is 0.177. The summed E-state index contributed by atoms with van der Waals surface area (Å²) in [5.74, 6) is 1.10. The monoisotopic (exact) mass is 263 g/mol. The molecule has 2 aromatic rings. The van der Waals surface area contributed by atoms with Gasteiger partial charge in [0.05, 0.1) is 12.6 Å². The number of ether oxygens (including phenoxy) is 1. The first-order valence-electron chi connectivity index (χ1n) is 5.93. The van der Waals surface area contributed by atoms with Crippen molar-refractivity contribution in [3.8, 4) is 5.75 Å². The number of rotatable bonds is 6. The molecule has 1 N–H and O–H groups in total. The largest absolute Gasteiger partial charge is 0.496 e. The fraction of sp³-hybridized carbons (Fsp3) is 0.357. The van der Waals surface area contributed by atoms with E-state index in [0.29, 0.717) is 0 Å². The topological polar surface area (TPSA) is 42.4 Å². The maximum absolute atomic E-state index is 9.49. The van der Waals surface area contributed by atoms with Crippen LogP contribution in [0, 0.1) is 5.92 Å². The molecular weight excluding hydrogens is 246 g/mol. The Balaban J connectivity index is 2.05. The van der Waals surface area contributed by atoms with E-state index in [-0.39, 0.29) is 12.5 Å². The third-order valence-electron chi connectivity index (χ3n) is 2.93. The Bertz CT molecular complexity index is 470. The van der Waals surface area contributed by atoms with Gasteiger partial charge in [0.1, 0.15) is 5.75 Å². The molecule has 0 fully saturated rings. The normalized spacial score (nSPS) is 12.3. The molecule has 4 heteroatoms. The highest BCUT2D eigenvalue weighted by atomic mass is 32.1. The molecule has 0 spiro atoms. The Morgan fingerprint density at radius 2 is 2.17 bits per heavy atom. The van der Waals surface area contributed by atoms with Gasteiger partial charge in [0, 0.05) is 17.7 Å². The first-order chi connectivity index (χ1) is 8.83. The van der Waals surface area contributed by atoms with Gasteiger partial charge >= 0.3 is 0 Å². The van der Waals surface area contributed by atoms with Crippen LogP contribution in [0.25, 0.3) is 0 Å². The lowest BCUT2D eigenvalue weighted by molar-refractivity contribution is 0.224. The molecule has 2 rings (SSSR count). The van der Waals surface area contributed by atoms with E-state index < -0.39 is 0 Å². The lowest BCUT2D eigenvalue weighted by Crippen LogP contribution is -2.13. The Labute approximate surface area is 111 Å². The standard InChI is InChI=1S/C14H17NO2S/c1-17-14-5-3-2-4-12(14)6-11(9-16)7-13-8-15-10-18-13/h2-5,8,10-11,16H,6-7,9H2,1H3. The Kier molecular flexibility index (Phi) is 4.73. The van der Waals surface area contributed by atoms with E-state index in [1.54, 1.807) is 18.4 Å². The maximum Gasteiger partial charge on any atom is 0.122 e. The number of hydrogen-bond acceptors (Lipinski definition) is 4. The van der Waals surface area contributed by atoms with Gasteiger partial charge in [0.25, 0.3) is 0 Å². The average molecular weight is 263 g/mol. The van der Waals surface area contributed by atoms with Crippen LogP contribution in [-0.2, 0) is 12.8 Å². The molecule has 0 bridgehead atoms. The Morgan fingerprint density at radius 1 is 1.33 bits per heavy atom. The van der Waals surface area contributed by atoms with Gasteiger partial charge in [0.2, 0.25) is 0 Å². The van der Waals surface area contributed by atoms with Gasteiger partial charge in [-0.1, -0.05) is 18.2 Å². The molecule has 0 aliphatic carbocycles. The molecule has 0 saturated carbocycles. The fourth-order valence-electron chi connectivity index (χ4n) is 2.01. The predicted molar refractivity (Wildman–Crippen MR) is 73.1 cm³/mol. The van der Waals surface area contributed by atoms with Gasteiger partial charge in [-0.15, -0.1) is 11.3 Å². The summed E-state index contributed by atoms with van der Waals surface area (Å²) < 4.78 is 5.33. The fourth-order valence-corrected chi connectivity index (χ4v) is 2.72. The third-order valence-corrected chi connectivity index (χ3v) is 3.73. The van der Waals surface area contributed by atoms with E-state index in [1.807, 2.05) is 36.0 Å². The minimum Gasteiger partial charge on any atom is -0.496 e. The van der Waals surface area contributed by atoms with Crippen LogP contribution in [0.1, 0.15) is 10.4 Å². The molecule has 0 radical (unpaired) electrons. The molecule has 0 aliphatic rings. The second-order valence-corrected chi connectivity index (χ2v) is 5.21. The van der Waals surface area contributed by atoms with Crippen molar-refractivity contribution < 1.29 is 9.84 Å². The second-order valence-electron chi connectivity index (χ2n) is 4.24. The molecule has 0 saturated heterocycles. The number of aliphatic hydroxyl groups is 1. The summed E-state index contributed by atoms with van der Waals surface area (Å²) >= 11 is 1.63. The molecule has 1 aromatic carbocycles. The molecule has 18 heavy (non-hydrogen) atoms. The van der Waals surface area contributed by atoms with Crippen molar-refractivity contribution in [3.63, 3.8) is 0 Å². The maximum atomic E-state index is 9.49. The zero-order valence-electron chi connectivity index (χ0n) is 10.4. The quantitative estimate of drug-likeness (QED) is 0.871. The van der Waals surface area contributed by atoms with Crippen LogP contribution >= 0.6 is 11.3 Å². The number of nitrogens with zero attached hydrogens (tertiary/aromatic N) is 1. The van der Waals surface area contributed by atoms with Gasteiger partial charge in [0.15, 0.2) is 0 Å². The van der Waals surface area contributed by atoms with Crippen LogP contribution in [0.15, 0.2) is 36.0 Å². The van der Waals surface area contributed by atoms with Crippen molar-refractivity contribution in [2.24, 2.45) is 5.92 Å². The van der Waals surface area contributed by atoms with E-state index in [9.17, 15) is 5.11 Å². The summed E-state index contributed by atoms with van der Waals surface area (Å²) in [6, 6.07) is 7.96. The number of hydrogen-bond donors (Lipinski definition) is 1. The minimum absolute atomic E-state index is 0.177. The summed E-state index contributed by atoms with van der Waals surface area (Å²) in [5.41, 5.74) is 2.97. The number of benzene rings is 1. The summed E-state index contributed by atoms with van der Waals surface area (Å²) in [5, 5.41) is 9.49. The van der Waals surface area contributed by atoms with Crippen LogP contribution in [-0.4, -0.2) is 23.8 Å². The molecule has 1 unspecified atom stereocenters. The van der Waals surface area contributed by atoms with Crippen molar-refractivity contribution in [1.82, 2.24) is 4.98 Å². The van der Waals surface area contributed by atoms with Crippen molar-refractivity contribution in [2.75, 3.05) is 13.7 Å². The Morgan fingerprint density at radius 3 is 2.83 bits per heavy atom. The lowest BCUT2D eigenvalue weighted by Gasteiger charge is -2.15. The molecule has 0 aliphatic heterocycles. The zero-order valence-corrected chi connectivity index (χ0v) is 11.2. The van der Waals surface area contributed by atoms with Crippen LogP contribution in [0.3, 0.4) is 0 Å². The predicted octanol–water partition coefficient (Wildman–Crippen LogP) is 2.55. The molecule has 1 aromatic heterocycles. The van der Waals surface area contributed by atoms with Gasteiger partial charge in [-0.05, 0) is 30.4 Å². The highest BCUT2D eigenvalue weighted by Crippen LogP contribution is 2.23. The average Bonchev–Trinajstić information content (AvgIpc) is 2.91. The number of thiazole rings is 1. The van der Waals surface area contributed by atoms with E-state index in [0.717, 1.165) is 24.2 Å². The van der Waals surface area contributed by atoms with E-state index >= 15 is 0 Å². The number of para-hydroxylation sites is 1. The highest BCUT2D eigenvalue weighted by Gasteiger charge is 2.13. The van der Waals surface area contributed by atoms with E-state index in [1.165, 1.54) is 4.88 Å². The van der Waals surface area contributed by atoms with Crippen LogP contribution in [0.5, 0.6) is 5.75 Å². The molecule has 1 heterocycles. The van der Waals surface area contributed by atoms with E-state index in [2.05, 4.69) is 4.98 Å². The first kappa shape index (κ1) is 13.1. The SMILES string of the molecule is COc1ccccc1CC(CO)Cc1cncs1. The first-order valence-corrected chi connectivity index (χ1v) is 6.81. The number of aromatic nitrogens is 1. The van der Waals surface area contributed by atoms with Crippen molar-refractivity contribution >= 4 is 11.3 Å². The zero-order chi connectivity index (χ0) is 12.8. The number of aliphatic hydroxyl groups excluding tert-OH is 1. The Hall–Kier alpha value is -1.39. The summed E-state index contributed by atoms with van der Waals surface area (Å²) in [6.07, 6.45) is 3.55. The van der Waals surface area contributed by atoms with E-state index in [4.69, 9.17) is 4.74 Å². The second kappa shape index (κ2) is 6.52. The third kappa shape index (κ3) is 3.31. The van der Waals surface area contributed by atoms with Gasteiger partial charge < -0.3 is 9.84 Å². The molecule has 1 atom stereocenters.